The molecule has 7 heteroatoms. The molecule has 1 aromatic carbocycles. The van der Waals surface area contributed by atoms with Gasteiger partial charge in [-0.2, -0.15) is 0 Å². The third-order valence-corrected chi connectivity index (χ3v) is 3.38. The molecule has 1 fully saturated rings. The highest BCUT2D eigenvalue weighted by atomic mass is 16.6. The average Bonchev–Trinajstić information content (AvgIpc) is 2.41. The summed E-state index contributed by atoms with van der Waals surface area (Å²) >= 11 is 0. The number of nitro groups is 1. The molecule has 0 N–H and O–H groups in total. The molecule has 2 rings (SSSR count). The van der Waals surface area contributed by atoms with Gasteiger partial charge in [-0.1, -0.05) is 0 Å². The van der Waals surface area contributed by atoms with Gasteiger partial charge in [0.1, 0.15) is 0 Å². The SMILES string of the molecule is CC(=O)c1ccc(N2CCN(C)C(=O)C2)cc1[N+](=O)[O-]. The van der Waals surface area contributed by atoms with Gasteiger partial charge in [0.15, 0.2) is 5.78 Å². The van der Waals surface area contributed by atoms with Crippen LogP contribution in [0.1, 0.15) is 17.3 Å². The van der Waals surface area contributed by atoms with Gasteiger partial charge in [-0.25, -0.2) is 0 Å². The minimum Gasteiger partial charge on any atom is -0.360 e. The number of anilines is 1. The maximum atomic E-state index is 11.7. The minimum absolute atomic E-state index is 0.0328. The van der Waals surface area contributed by atoms with Gasteiger partial charge >= 0.3 is 0 Å². The summed E-state index contributed by atoms with van der Waals surface area (Å²) in [5.41, 5.74) is 0.448. The number of hydrogen-bond acceptors (Lipinski definition) is 5. The first-order valence-corrected chi connectivity index (χ1v) is 6.18. The van der Waals surface area contributed by atoms with E-state index in [0.29, 0.717) is 18.8 Å². The van der Waals surface area contributed by atoms with Gasteiger partial charge in [0.25, 0.3) is 5.69 Å². The van der Waals surface area contributed by atoms with Crippen LogP contribution in [-0.2, 0) is 4.79 Å². The fraction of sp³-hybridized carbons (Fsp3) is 0.385. The summed E-state index contributed by atoms with van der Waals surface area (Å²) in [6.07, 6.45) is 0. The van der Waals surface area contributed by atoms with E-state index in [-0.39, 0.29) is 29.5 Å². The molecule has 1 heterocycles. The highest BCUT2D eigenvalue weighted by Gasteiger charge is 2.24. The summed E-state index contributed by atoms with van der Waals surface area (Å²) in [4.78, 5) is 36.9. The summed E-state index contributed by atoms with van der Waals surface area (Å²) in [6, 6.07) is 4.44. The number of piperazine rings is 1. The number of likely N-dealkylation sites (N-methyl/N-ethyl adjacent to an activating group) is 1. The Morgan fingerprint density at radius 1 is 1.35 bits per heavy atom. The van der Waals surface area contributed by atoms with Crippen LogP contribution in [0.15, 0.2) is 18.2 Å². The lowest BCUT2D eigenvalue weighted by Crippen LogP contribution is -2.48. The number of carbonyl (C=O) groups is 2. The van der Waals surface area contributed by atoms with Crippen LogP contribution >= 0.6 is 0 Å². The molecule has 0 saturated carbocycles. The topological polar surface area (TPSA) is 83.8 Å². The zero-order chi connectivity index (χ0) is 14.9. The number of nitrogens with zero attached hydrogens (tertiary/aromatic N) is 3. The molecule has 1 saturated heterocycles. The molecule has 1 aliphatic heterocycles. The first-order chi connectivity index (χ1) is 9.40. The first-order valence-electron chi connectivity index (χ1n) is 6.18. The van der Waals surface area contributed by atoms with Crippen molar-refractivity contribution in [3.8, 4) is 0 Å². The zero-order valence-electron chi connectivity index (χ0n) is 11.3. The van der Waals surface area contributed by atoms with Gasteiger partial charge in [-0.3, -0.25) is 19.7 Å². The zero-order valence-corrected chi connectivity index (χ0v) is 11.3. The van der Waals surface area contributed by atoms with Crippen molar-refractivity contribution in [3.63, 3.8) is 0 Å². The van der Waals surface area contributed by atoms with Gasteiger partial charge in [0.2, 0.25) is 5.91 Å². The predicted octanol–water partition coefficient (Wildman–Crippen LogP) is 1.08. The van der Waals surface area contributed by atoms with E-state index in [1.165, 1.54) is 19.1 Å². The molecular formula is C13H15N3O4. The Balaban J connectivity index is 2.34. The van der Waals surface area contributed by atoms with Crippen LogP contribution in [0.4, 0.5) is 11.4 Å². The van der Waals surface area contributed by atoms with E-state index in [4.69, 9.17) is 0 Å². The van der Waals surface area contributed by atoms with E-state index >= 15 is 0 Å². The Labute approximate surface area is 115 Å². The van der Waals surface area contributed by atoms with Crippen molar-refractivity contribution in [3.05, 3.63) is 33.9 Å². The monoisotopic (exact) mass is 277 g/mol. The molecule has 1 amide bonds. The molecular weight excluding hydrogens is 262 g/mol. The molecule has 1 aliphatic rings. The fourth-order valence-electron chi connectivity index (χ4n) is 2.14. The summed E-state index contributed by atoms with van der Waals surface area (Å²) in [7, 11) is 1.72. The number of amides is 1. The van der Waals surface area contributed by atoms with Crippen LogP contribution in [0.2, 0.25) is 0 Å². The maximum Gasteiger partial charge on any atom is 0.282 e. The van der Waals surface area contributed by atoms with Crippen molar-refractivity contribution >= 4 is 23.1 Å². The highest BCUT2D eigenvalue weighted by Crippen LogP contribution is 2.26. The molecule has 106 valence electrons. The molecule has 0 spiro atoms. The van der Waals surface area contributed by atoms with Gasteiger partial charge in [-0.05, 0) is 19.1 Å². The van der Waals surface area contributed by atoms with Gasteiger partial charge in [-0.15, -0.1) is 0 Å². The van der Waals surface area contributed by atoms with Crippen LogP contribution in [-0.4, -0.2) is 48.2 Å². The van der Waals surface area contributed by atoms with Crippen molar-refractivity contribution in [1.29, 1.82) is 0 Å². The Bertz CT molecular complexity index is 585. The smallest absolute Gasteiger partial charge is 0.282 e. The molecule has 0 radical (unpaired) electrons. The summed E-state index contributed by atoms with van der Waals surface area (Å²) < 4.78 is 0. The maximum absolute atomic E-state index is 11.7. The fourth-order valence-corrected chi connectivity index (χ4v) is 2.14. The predicted molar refractivity (Wildman–Crippen MR) is 73.0 cm³/mol. The van der Waals surface area contributed by atoms with E-state index < -0.39 is 4.92 Å². The van der Waals surface area contributed by atoms with Gasteiger partial charge in [0.05, 0.1) is 17.0 Å². The van der Waals surface area contributed by atoms with Crippen molar-refractivity contribution < 1.29 is 14.5 Å². The molecule has 1 aromatic rings. The summed E-state index contributed by atoms with van der Waals surface area (Å²) in [6.45, 7) is 2.66. The number of Topliss-reactive ketones (excluding diaryl/α,β-unsaturated/α-hetero) is 1. The lowest BCUT2D eigenvalue weighted by molar-refractivity contribution is -0.385. The van der Waals surface area contributed by atoms with Crippen LogP contribution in [0.25, 0.3) is 0 Å². The summed E-state index contributed by atoms with van der Waals surface area (Å²) in [5.74, 6) is -0.382. The van der Waals surface area contributed by atoms with Crippen molar-refractivity contribution in [2.75, 3.05) is 31.6 Å². The van der Waals surface area contributed by atoms with Crippen molar-refractivity contribution in [1.82, 2.24) is 4.90 Å². The molecule has 7 nitrogen and oxygen atoms in total. The number of rotatable bonds is 3. The largest absolute Gasteiger partial charge is 0.360 e. The molecule has 0 unspecified atom stereocenters. The highest BCUT2D eigenvalue weighted by molar-refractivity contribution is 5.98. The number of ketones is 1. The van der Waals surface area contributed by atoms with Gasteiger partial charge in [0, 0.05) is 31.9 Å². The lowest BCUT2D eigenvalue weighted by atomic mass is 10.1. The van der Waals surface area contributed by atoms with E-state index in [2.05, 4.69) is 0 Å². The third-order valence-electron chi connectivity index (χ3n) is 3.38. The quantitative estimate of drug-likeness (QED) is 0.469. The van der Waals surface area contributed by atoms with E-state index in [1.807, 2.05) is 0 Å². The second-order valence-electron chi connectivity index (χ2n) is 4.75. The third kappa shape index (κ3) is 2.61. The number of nitro benzene ring substituents is 1. The molecule has 0 atom stereocenters. The molecule has 20 heavy (non-hydrogen) atoms. The lowest BCUT2D eigenvalue weighted by Gasteiger charge is -2.33. The normalized spacial score (nSPS) is 15.4. The number of benzene rings is 1. The van der Waals surface area contributed by atoms with E-state index in [1.54, 1.807) is 22.9 Å². The number of carbonyl (C=O) groups excluding carboxylic acids is 2. The van der Waals surface area contributed by atoms with Crippen LogP contribution in [0.3, 0.4) is 0 Å². The number of hydrogen-bond donors (Lipinski definition) is 0. The summed E-state index contributed by atoms with van der Waals surface area (Å²) in [5, 5.41) is 11.0. The first kappa shape index (κ1) is 14.0. The Morgan fingerprint density at radius 2 is 2.05 bits per heavy atom. The second-order valence-corrected chi connectivity index (χ2v) is 4.75. The van der Waals surface area contributed by atoms with Crippen molar-refractivity contribution in [2.45, 2.75) is 6.92 Å². The van der Waals surface area contributed by atoms with E-state index in [0.717, 1.165) is 0 Å². The molecule has 0 aliphatic carbocycles. The molecule has 0 bridgehead atoms. The van der Waals surface area contributed by atoms with Gasteiger partial charge < -0.3 is 9.80 Å². The van der Waals surface area contributed by atoms with E-state index in [9.17, 15) is 19.7 Å². The average molecular weight is 277 g/mol. The van der Waals surface area contributed by atoms with Crippen LogP contribution in [0, 0.1) is 10.1 Å². The van der Waals surface area contributed by atoms with Crippen molar-refractivity contribution in [2.24, 2.45) is 0 Å². The second kappa shape index (κ2) is 5.28. The Hall–Kier alpha value is -2.44. The van der Waals surface area contributed by atoms with Crippen LogP contribution < -0.4 is 4.90 Å². The van der Waals surface area contributed by atoms with Crippen LogP contribution in [0.5, 0.6) is 0 Å². The molecule has 0 aromatic heterocycles. The minimum atomic E-state index is -0.571. The standard InChI is InChI=1S/C13H15N3O4/c1-9(17)11-4-3-10(7-12(11)16(19)20)15-6-5-14(2)13(18)8-15/h3-4,7H,5-6,8H2,1-2H3. The Morgan fingerprint density at radius 3 is 2.60 bits per heavy atom. The Kier molecular flexibility index (Phi) is 3.69.